The number of nitrogens with zero attached hydrogens (tertiary/aromatic N) is 1. The zero-order valence-electron chi connectivity index (χ0n) is 4.67. The number of aromatic nitrogens is 1. The first-order valence-electron chi connectivity index (χ1n) is 2.40. The molecule has 1 aromatic heterocycles. The van der Waals surface area contributed by atoms with Crippen molar-refractivity contribution in [2.45, 2.75) is 0 Å². The highest BCUT2D eigenvalue weighted by atomic mass is 35.5. The van der Waals surface area contributed by atoms with E-state index < -0.39 is 0 Å². The number of hydrogen-bond donors (Lipinski definition) is 0. The molecule has 0 saturated carbocycles. The first-order chi connectivity index (χ1) is 4.18. The second-order valence-electron chi connectivity index (χ2n) is 1.72. The van der Waals surface area contributed by atoms with Gasteiger partial charge in [-0.2, -0.15) is 4.73 Å². The van der Waals surface area contributed by atoms with Gasteiger partial charge >= 0.3 is 0 Å². The van der Waals surface area contributed by atoms with E-state index in [4.69, 9.17) is 11.6 Å². The number of pyridine rings is 1. The van der Waals surface area contributed by atoms with Gasteiger partial charge in [0, 0.05) is 5.56 Å². The van der Waals surface area contributed by atoms with Crippen molar-refractivity contribution >= 4 is 11.6 Å². The van der Waals surface area contributed by atoms with E-state index in [1.165, 1.54) is 12.4 Å². The molecule has 3 heteroatoms. The third kappa shape index (κ3) is 1.57. The fourth-order valence-corrected chi connectivity index (χ4v) is 0.810. The van der Waals surface area contributed by atoms with Gasteiger partial charge in [0.05, 0.1) is 0 Å². The Morgan fingerprint density at radius 2 is 2.22 bits per heavy atom. The van der Waals surface area contributed by atoms with Gasteiger partial charge in [0.2, 0.25) is 0 Å². The van der Waals surface area contributed by atoms with Gasteiger partial charge < -0.3 is 5.21 Å². The van der Waals surface area contributed by atoms with E-state index in [0.29, 0.717) is 15.3 Å². The zero-order valence-corrected chi connectivity index (χ0v) is 5.43. The van der Waals surface area contributed by atoms with Crippen LogP contribution in [0.3, 0.4) is 0 Å². The minimum absolute atomic E-state index is 0.414. The Balaban J connectivity index is 3.17. The molecule has 1 aromatic rings. The van der Waals surface area contributed by atoms with Crippen molar-refractivity contribution in [3.05, 3.63) is 41.2 Å². The lowest BCUT2D eigenvalue weighted by molar-refractivity contribution is -0.605. The average molecular weight is 143 g/mol. The molecule has 0 aliphatic heterocycles. The molecule has 0 saturated heterocycles. The molecule has 0 unspecified atom stereocenters. The lowest BCUT2D eigenvalue weighted by Crippen LogP contribution is -2.24. The molecule has 0 N–H and O–H groups in total. The van der Waals surface area contributed by atoms with E-state index in [-0.39, 0.29) is 0 Å². The molecule has 1 radical (unpaired) electrons. The molecule has 0 fully saturated rings. The van der Waals surface area contributed by atoms with Crippen molar-refractivity contribution in [3.8, 4) is 0 Å². The maximum Gasteiger partial charge on any atom is 0.199 e. The molecule has 1 rings (SSSR count). The quantitative estimate of drug-likeness (QED) is 0.395. The van der Waals surface area contributed by atoms with Crippen LogP contribution < -0.4 is 4.73 Å². The van der Waals surface area contributed by atoms with Crippen molar-refractivity contribution in [2.24, 2.45) is 0 Å². The highest BCUT2D eigenvalue weighted by molar-refractivity contribution is 6.30. The van der Waals surface area contributed by atoms with Gasteiger partial charge in [-0.3, -0.25) is 0 Å². The van der Waals surface area contributed by atoms with Gasteiger partial charge in [-0.25, -0.2) is 0 Å². The van der Waals surface area contributed by atoms with Crippen LogP contribution in [0.15, 0.2) is 18.5 Å². The molecular formula is C6H5ClNO. The van der Waals surface area contributed by atoms with Crippen LogP contribution in [0.2, 0.25) is 5.02 Å². The summed E-state index contributed by atoms with van der Waals surface area (Å²) in [7, 11) is 0. The number of rotatable bonds is 0. The van der Waals surface area contributed by atoms with Crippen molar-refractivity contribution in [2.75, 3.05) is 0 Å². The Morgan fingerprint density at radius 1 is 1.56 bits per heavy atom. The second kappa shape index (κ2) is 2.23. The lowest BCUT2D eigenvalue weighted by atomic mass is 10.3. The molecule has 0 atom stereocenters. The fraction of sp³-hybridized carbons (Fsp3) is 0. The summed E-state index contributed by atoms with van der Waals surface area (Å²) in [5.74, 6) is 0. The third-order valence-corrected chi connectivity index (χ3v) is 1.07. The second-order valence-corrected chi connectivity index (χ2v) is 2.16. The van der Waals surface area contributed by atoms with E-state index in [9.17, 15) is 5.21 Å². The summed E-state index contributed by atoms with van der Waals surface area (Å²) in [6, 6.07) is 1.62. The summed E-state index contributed by atoms with van der Waals surface area (Å²) in [5, 5.41) is 10.9. The van der Waals surface area contributed by atoms with Gasteiger partial charge in [0.25, 0.3) is 0 Å². The molecule has 2 nitrogen and oxygen atoms in total. The van der Waals surface area contributed by atoms with Crippen molar-refractivity contribution in [1.29, 1.82) is 0 Å². The van der Waals surface area contributed by atoms with Crippen LogP contribution in [0, 0.1) is 12.1 Å². The SMILES string of the molecule is [CH2]c1cc(Cl)c[n+]([O-])c1. The predicted molar refractivity (Wildman–Crippen MR) is 34.9 cm³/mol. The molecule has 1 heterocycles. The molecule has 9 heavy (non-hydrogen) atoms. The van der Waals surface area contributed by atoms with Crippen LogP contribution in [0.1, 0.15) is 5.56 Å². The Bertz CT molecular complexity index is 174. The molecule has 0 amide bonds. The smallest absolute Gasteiger partial charge is 0.199 e. The summed E-state index contributed by atoms with van der Waals surface area (Å²) in [6.07, 6.45) is 2.63. The van der Waals surface area contributed by atoms with Gasteiger partial charge in [-0.15, -0.1) is 0 Å². The minimum atomic E-state index is 0.414. The average Bonchev–Trinajstić information content (AvgIpc) is 1.59. The molecule has 0 aliphatic rings. The van der Waals surface area contributed by atoms with E-state index in [0.717, 1.165) is 0 Å². The highest BCUT2D eigenvalue weighted by Crippen LogP contribution is 2.04. The Kier molecular flexibility index (Phi) is 1.58. The normalized spacial score (nSPS) is 9.56. The van der Waals surface area contributed by atoms with Gasteiger partial charge in [-0.05, 0) is 13.0 Å². The Morgan fingerprint density at radius 3 is 2.67 bits per heavy atom. The maximum atomic E-state index is 10.5. The van der Waals surface area contributed by atoms with E-state index >= 15 is 0 Å². The lowest BCUT2D eigenvalue weighted by Gasteiger charge is -1.95. The number of hydrogen-bond acceptors (Lipinski definition) is 1. The molecule has 0 aliphatic carbocycles. The first kappa shape index (κ1) is 6.36. The standard InChI is InChI=1S/C6H5ClNO/c1-5-2-6(7)4-8(9)3-5/h2-4H,1H2. The monoisotopic (exact) mass is 142 g/mol. The Hall–Kier alpha value is -0.760. The highest BCUT2D eigenvalue weighted by Gasteiger charge is 1.94. The first-order valence-corrected chi connectivity index (χ1v) is 2.77. The van der Waals surface area contributed by atoms with Crippen molar-refractivity contribution < 1.29 is 4.73 Å². The van der Waals surface area contributed by atoms with Gasteiger partial charge in [-0.1, -0.05) is 11.6 Å². The Labute approximate surface area is 58.3 Å². The van der Waals surface area contributed by atoms with E-state index in [1.807, 2.05) is 0 Å². The van der Waals surface area contributed by atoms with Crippen LogP contribution in [-0.4, -0.2) is 0 Å². The molecule has 0 bridgehead atoms. The largest absolute Gasteiger partial charge is 0.619 e. The summed E-state index contributed by atoms with van der Waals surface area (Å²) >= 11 is 5.49. The van der Waals surface area contributed by atoms with Crippen LogP contribution in [0.25, 0.3) is 0 Å². The van der Waals surface area contributed by atoms with E-state index in [1.54, 1.807) is 6.07 Å². The van der Waals surface area contributed by atoms with Crippen molar-refractivity contribution in [1.82, 2.24) is 0 Å². The predicted octanol–water partition coefficient (Wildman–Crippen LogP) is 1.16. The summed E-state index contributed by atoms with van der Waals surface area (Å²) in [4.78, 5) is 0. The van der Waals surface area contributed by atoms with Gasteiger partial charge in [0.1, 0.15) is 5.02 Å². The number of halogens is 1. The van der Waals surface area contributed by atoms with Crippen LogP contribution in [0.5, 0.6) is 0 Å². The third-order valence-electron chi connectivity index (χ3n) is 0.867. The van der Waals surface area contributed by atoms with Gasteiger partial charge in [0.15, 0.2) is 12.4 Å². The zero-order chi connectivity index (χ0) is 6.85. The van der Waals surface area contributed by atoms with Crippen LogP contribution in [-0.2, 0) is 0 Å². The van der Waals surface area contributed by atoms with Crippen LogP contribution in [0.4, 0.5) is 0 Å². The fourth-order valence-electron chi connectivity index (χ4n) is 0.574. The molecule has 0 aromatic carbocycles. The molecular weight excluding hydrogens is 138 g/mol. The van der Waals surface area contributed by atoms with Crippen LogP contribution >= 0.6 is 11.6 Å². The molecule has 47 valence electrons. The minimum Gasteiger partial charge on any atom is -0.619 e. The topological polar surface area (TPSA) is 26.9 Å². The maximum absolute atomic E-state index is 10.5. The summed E-state index contributed by atoms with van der Waals surface area (Å²) < 4.78 is 0.630. The summed E-state index contributed by atoms with van der Waals surface area (Å²) in [5.41, 5.74) is 0.623. The molecule has 0 spiro atoms. The van der Waals surface area contributed by atoms with Crippen molar-refractivity contribution in [3.63, 3.8) is 0 Å². The van der Waals surface area contributed by atoms with E-state index in [2.05, 4.69) is 6.92 Å². The summed E-state index contributed by atoms with van der Waals surface area (Å²) in [6.45, 7) is 3.54.